The van der Waals surface area contributed by atoms with Crippen molar-refractivity contribution >= 4 is 11.3 Å². The Morgan fingerprint density at radius 2 is 2.00 bits per heavy atom. The lowest BCUT2D eigenvalue weighted by Gasteiger charge is -2.30. The number of hydrogen-bond donors (Lipinski definition) is 1. The van der Waals surface area contributed by atoms with Crippen molar-refractivity contribution in [2.24, 2.45) is 5.73 Å². The summed E-state index contributed by atoms with van der Waals surface area (Å²) in [6.45, 7) is 2.17. The molecule has 0 radical (unpaired) electrons. The van der Waals surface area contributed by atoms with Gasteiger partial charge in [-0.25, -0.2) is 0 Å². The van der Waals surface area contributed by atoms with E-state index in [1.54, 1.807) is 11.3 Å². The summed E-state index contributed by atoms with van der Waals surface area (Å²) >= 11 is 1.80. The summed E-state index contributed by atoms with van der Waals surface area (Å²) in [5.41, 5.74) is 10.7. The lowest BCUT2D eigenvalue weighted by molar-refractivity contribution is 0.486. The SMILES string of the molecule is Cc1ccsc1C1(N)CCCCc2ccccc21. The van der Waals surface area contributed by atoms with Crippen LogP contribution in [0.4, 0.5) is 0 Å². The largest absolute Gasteiger partial charge is 0.317 e. The fourth-order valence-electron chi connectivity index (χ4n) is 3.09. The van der Waals surface area contributed by atoms with E-state index in [0.29, 0.717) is 0 Å². The molecule has 1 aromatic carbocycles. The third-order valence-electron chi connectivity index (χ3n) is 4.03. The van der Waals surface area contributed by atoms with Crippen LogP contribution in [0.3, 0.4) is 0 Å². The second-order valence-electron chi connectivity index (χ2n) is 5.27. The maximum absolute atomic E-state index is 6.85. The molecular weight excluding hydrogens is 238 g/mol. The highest BCUT2D eigenvalue weighted by molar-refractivity contribution is 7.10. The van der Waals surface area contributed by atoms with Gasteiger partial charge in [-0.3, -0.25) is 0 Å². The first-order valence-corrected chi connectivity index (χ1v) is 7.51. The Kier molecular flexibility index (Phi) is 3.00. The summed E-state index contributed by atoms with van der Waals surface area (Å²) in [6.07, 6.45) is 4.69. The van der Waals surface area contributed by atoms with Crippen molar-refractivity contribution < 1.29 is 0 Å². The lowest BCUT2D eigenvalue weighted by atomic mass is 9.83. The predicted molar refractivity (Wildman–Crippen MR) is 78.0 cm³/mol. The standard InChI is InChI=1S/C16H19NS/c1-12-9-11-18-15(12)16(17)10-5-4-7-13-6-2-3-8-14(13)16/h2-3,6,8-9,11H,4-5,7,10,17H2,1H3. The van der Waals surface area contributed by atoms with Crippen LogP contribution in [-0.4, -0.2) is 0 Å². The summed E-state index contributed by atoms with van der Waals surface area (Å²) in [6, 6.07) is 10.9. The lowest BCUT2D eigenvalue weighted by Crippen LogP contribution is -2.37. The first-order chi connectivity index (χ1) is 8.72. The molecule has 1 aliphatic carbocycles. The smallest absolute Gasteiger partial charge is 0.0764 e. The number of aryl methyl sites for hydroxylation is 2. The quantitative estimate of drug-likeness (QED) is 0.768. The van der Waals surface area contributed by atoms with Crippen LogP contribution in [0.5, 0.6) is 0 Å². The zero-order chi connectivity index (χ0) is 12.6. The third-order valence-corrected chi connectivity index (χ3v) is 5.23. The van der Waals surface area contributed by atoms with Gasteiger partial charge in [-0.2, -0.15) is 0 Å². The van der Waals surface area contributed by atoms with E-state index >= 15 is 0 Å². The average Bonchev–Trinajstić information content (AvgIpc) is 2.74. The van der Waals surface area contributed by atoms with Crippen molar-refractivity contribution in [1.29, 1.82) is 0 Å². The predicted octanol–water partition coefficient (Wildman–Crippen LogP) is 3.99. The molecule has 1 nitrogen and oxygen atoms in total. The van der Waals surface area contributed by atoms with Gasteiger partial charge in [0.2, 0.25) is 0 Å². The maximum atomic E-state index is 6.85. The molecular formula is C16H19NS. The minimum Gasteiger partial charge on any atom is -0.317 e. The van der Waals surface area contributed by atoms with Crippen molar-refractivity contribution in [2.45, 2.75) is 38.1 Å². The first-order valence-electron chi connectivity index (χ1n) is 6.63. The summed E-state index contributed by atoms with van der Waals surface area (Å²) < 4.78 is 0. The number of benzene rings is 1. The molecule has 1 aliphatic rings. The van der Waals surface area contributed by atoms with Crippen LogP contribution in [0.25, 0.3) is 0 Å². The summed E-state index contributed by atoms with van der Waals surface area (Å²) in [5, 5.41) is 2.16. The topological polar surface area (TPSA) is 26.0 Å². The highest BCUT2D eigenvalue weighted by atomic mass is 32.1. The van der Waals surface area contributed by atoms with Gasteiger partial charge in [-0.15, -0.1) is 11.3 Å². The van der Waals surface area contributed by atoms with Gasteiger partial charge in [0.25, 0.3) is 0 Å². The fourth-order valence-corrected chi connectivity index (χ4v) is 4.18. The van der Waals surface area contributed by atoms with E-state index in [-0.39, 0.29) is 5.54 Å². The summed E-state index contributed by atoms with van der Waals surface area (Å²) in [4.78, 5) is 1.34. The minimum absolute atomic E-state index is 0.272. The van der Waals surface area contributed by atoms with E-state index in [1.807, 2.05) is 0 Å². The second kappa shape index (κ2) is 4.52. The van der Waals surface area contributed by atoms with E-state index in [0.717, 1.165) is 6.42 Å². The normalized spacial score (nSPS) is 23.4. The number of fused-ring (bicyclic) bond motifs is 1. The van der Waals surface area contributed by atoms with Crippen LogP contribution >= 0.6 is 11.3 Å². The molecule has 18 heavy (non-hydrogen) atoms. The molecule has 0 spiro atoms. The van der Waals surface area contributed by atoms with Gasteiger partial charge in [-0.1, -0.05) is 30.7 Å². The van der Waals surface area contributed by atoms with Gasteiger partial charge < -0.3 is 5.73 Å². The van der Waals surface area contributed by atoms with Crippen LogP contribution in [0, 0.1) is 6.92 Å². The van der Waals surface area contributed by atoms with Gasteiger partial charge in [0.15, 0.2) is 0 Å². The van der Waals surface area contributed by atoms with E-state index in [2.05, 4.69) is 42.6 Å². The molecule has 1 unspecified atom stereocenters. The Labute approximate surface area is 113 Å². The molecule has 0 amide bonds. The van der Waals surface area contributed by atoms with E-state index in [9.17, 15) is 0 Å². The fraction of sp³-hybridized carbons (Fsp3) is 0.375. The molecule has 1 aromatic heterocycles. The van der Waals surface area contributed by atoms with E-state index < -0.39 is 0 Å². The van der Waals surface area contributed by atoms with Crippen LogP contribution in [0.2, 0.25) is 0 Å². The van der Waals surface area contributed by atoms with Gasteiger partial charge in [0.1, 0.15) is 0 Å². The van der Waals surface area contributed by atoms with Crippen molar-refractivity contribution in [3.05, 3.63) is 57.3 Å². The van der Waals surface area contributed by atoms with Gasteiger partial charge in [0.05, 0.1) is 5.54 Å². The molecule has 0 fully saturated rings. The molecule has 2 heteroatoms. The molecule has 3 rings (SSSR count). The maximum Gasteiger partial charge on any atom is 0.0764 e. The van der Waals surface area contributed by atoms with Crippen molar-refractivity contribution in [3.8, 4) is 0 Å². The van der Waals surface area contributed by atoms with Gasteiger partial charge in [-0.05, 0) is 54.3 Å². The second-order valence-corrected chi connectivity index (χ2v) is 6.18. The monoisotopic (exact) mass is 257 g/mol. The molecule has 0 bridgehead atoms. The van der Waals surface area contributed by atoms with E-state index in [1.165, 1.54) is 40.8 Å². The molecule has 0 saturated heterocycles. The van der Waals surface area contributed by atoms with Gasteiger partial charge in [0, 0.05) is 4.88 Å². The third kappa shape index (κ3) is 1.80. The molecule has 94 valence electrons. The van der Waals surface area contributed by atoms with Crippen molar-refractivity contribution in [3.63, 3.8) is 0 Å². The Bertz CT molecular complexity index is 558. The molecule has 2 aromatic rings. The van der Waals surface area contributed by atoms with Crippen LogP contribution < -0.4 is 5.73 Å². The molecule has 1 atom stereocenters. The zero-order valence-corrected chi connectivity index (χ0v) is 11.6. The Morgan fingerprint density at radius 1 is 1.17 bits per heavy atom. The minimum atomic E-state index is -0.272. The van der Waals surface area contributed by atoms with Gasteiger partial charge >= 0.3 is 0 Å². The highest BCUT2D eigenvalue weighted by Crippen LogP contribution is 2.40. The summed E-state index contributed by atoms with van der Waals surface area (Å²) in [7, 11) is 0. The number of thiophene rings is 1. The van der Waals surface area contributed by atoms with Crippen LogP contribution in [-0.2, 0) is 12.0 Å². The molecule has 1 heterocycles. The van der Waals surface area contributed by atoms with Crippen LogP contribution in [0.15, 0.2) is 35.7 Å². The van der Waals surface area contributed by atoms with E-state index in [4.69, 9.17) is 5.73 Å². The Hall–Kier alpha value is -1.12. The number of rotatable bonds is 1. The molecule has 0 aliphatic heterocycles. The first kappa shape index (κ1) is 11.9. The van der Waals surface area contributed by atoms with Crippen molar-refractivity contribution in [1.82, 2.24) is 0 Å². The average molecular weight is 257 g/mol. The Balaban J connectivity index is 2.19. The molecule has 0 saturated carbocycles. The Morgan fingerprint density at radius 3 is 2.78 bits per heavy atom. The van der Waals surface area contributed by atoms with Crippen molar-refractivity contribution in [2.75, 3.05) is 0 Å². The molecule has 2 N–H and O–H groups in total. The number of hydrogen-bond acceptors (Lipinski definition) is 2. The van der Waals surface area contributed by atoms with Crippen LogP contribution in [0.1, 0.15) is 40.8 Å². The zero-order valence-electron chi connectivity index (χ0n) is 10.8. The highest BCUT2D eigenvalue weighted by Gasteiger charge is 2.34. The summed E-state index contributed by atoms with van der Waals surface area (Å²) in [5.74, 6) is 0. The number of nitrogens with two attached hydrogens (primary N) is 1.